The summed E-state index contributed by atoms with van der Waals surface area (Å²) in [7, 11) is 0. The van der Waals surface area contributed by atoms with Gasteiger partial charge in [0.15, 0.2) is 0 Å². The van der Waals surface area contributed by atoms with Crippen LogP contribution in [0.3, 0.4) is 0 Å². The minimum absolute atomic E-state index is 0.0658. The molecule has 1 aliphatic rings. The molecule has 1 heterocycles. The molecule has 19 heavy (non-hydrogen) atoms. The molecular weight excluding hydrogens is 242 g/mol. The molecule has 5 nitrogen and oxygen atoms in total. The van der Waals surface area contributed by atoms with Crippen LogP contribution in [0, 0.1) is 0 Å². The van der Waals surface area contributed by atoms with Gasteiger partial charge >= 0.3 is 0 Å². The van der Waals surface area contributed by atoms with Crippen LogP contribution in [0.5, 0.6) is 0 Å². The summed E-state index contributed by atoms with van der Waals surface area (Å²) in [5.74, 6) is -0.0658. The molecule has 3 rings (SSSR count). The summed E-state index contributed by atoms with van der Waals surface area (Å²) >= 11 is 0. The van der Waals surface area contributed by atoms with Gasteiger partial charge in [0, 0.05) is 17.7 Å². The quantitative estimate of drug-likeness (QED) is 0.563. The number of benzene rings is 1. The van der Waals surface area contributed by atoms with Crippen LogP contribution in [0.15, 0.2) is 35.7 Å². The van der Waals surface area contributed by atoms with Gasteiger partial charge in [0.2, 0.25) is 5.78 Å². The molecular formula is C14H13N3O2. The first kappa shape index (κ1) is 11.6. The highest BCUT2D eigenvalue weighted by Gasteiger charge is 2.32. The number of aromatic nitrogens is 2. The van der Waals surface area contributed by atoms with Crippen LogP contribution in [0.1, 0.15) is 40.7 Å². The Hall–Kier alpha value is -2.43. The lowest BCUT2D eigenvalue weighted by Gasteiger charge is -2.17. The van der Waals surface area contributed by atoms with Crippen molar-refractivity contribution in [1.82, 2.24) is 9.55 Å². The number of hydrogen-bond acceptors (Lipinski definition) is 4. The van der Waals surface area contributed by atoms with Crippen LogP contribution < -0.4 is 0 Å². The second kappa shape index (κ2) is 4.35. The zero-order chi connectivity index (χ0) is 13.4. The highest BCUT2D eigenvalue weighted by Crippen LogP contribution is 2.27. The molecule has 0 saturated heterocycles. The van der Waals surface area contributed by atoms with Crippen LogP contribution in [0.2, 0.25) is 0 Å². The van der Waals surface area contributed by atoms with E-state index in [1.165, 1.54) is 0 Å². The predicted molar refractivity (Wildman–Crippen MR) is 69.8 cm³/mol. The fourth-order valence-electron chi connectivity index (χ4n) is 2.45. The molecule has 0 spiro atoms. The fourth-order valence-corrected chi connectivity index (χ4v) is 2.45. The van der Waals surface area contributed by atoms with Gasteiger partial charge in [-0.3, -0.25) is 4.79 Å². The normalized spacial score (nSPS) is 15.4. The number of carbonyl (C=O) groups excluding carboxylic acids is 1. The number of fused-ring (bicyclic) bond motifs is 2. The average Bonchev–Trinajstić information content (AvgIpc) is 2.84. The van der Waals surface area contributed by atoms with E-state index in [0.29, 0.717) is 28.2 Å². The number of nitrogens with zero attached hydrogens (tertiary/aromatic N) is 3. The van der Waals surface area contributed by atoms with Crippen LogP contribution in [-0.4, -0.2) is 26.3 Å². The first-order chi connectivity index (χ1) is 9.27. The van der Waals surface area contributed by atoms with Crippen molar-refractivity contribution in [3.63, 3.8) is 0 Å². The predicted octanol–water partition coefficient (Wildman–Crippen LogP) is 2.06. The van der Waals surface area contributed by atoms with Crippen molar-refractivity contribution in [2.45, 2.75) is 19.9 Å². The summed E-state index contributed by atoms with van der Waals surface area (Å²) in [6, 6.07) is 7.13. The number of aryl methyl sites for hydroxylation is 1. The maximum Gasteiger partial charge on any atom is 0.212 e. The lowest BCUT2D eigenvalue weighted by atomic mass is 9.89. The number of carbonyl (C=O) groups is 1. The molecule has 1 N–H and O–H groups in total. The van der Waals surface area contributed by atoms with Crippen LogP contribution in [-0.2, 0) is 6.54 Å². The molecule has 0 unspecified atom stereocenters. The SMILES string of the molecule is CCCn1cnc2c1C(=O)c1ccccc1/C2=N\O. The van der Waals surface area contributed by atoms with E-state index in [1.807, 2.05) is 17.6 Å². The largest absolute Gasteiger partial charge is 0.410 e. The number of ketones is 1. The van der Waals surface area contributed by atoms with Crippen LogP contribution in [0.25, 0.3) is 0 Å². The Balaban J connectivity index is 2.26. The van der Waals surface area contributed by atoms with E-state index in [9.17, 15) is 10.0 Å². The monoisotopic (exact) mass is 255 g/mol. The summed E-state index contributed by atoms with van der Waals surface area (Å²) in [6.45, 7) is 2.75. The number of hydrogen-bond donors (Lipinski definition) is 1. The third-order valence-corrected chi connectivity index (χ3v) is 3.27. The van der Waals surface area contributed by atoms with Crippen LogP contribution in [0.4, 0.5) is 0 Å². The van der Waals surface area contributed by atoms with Crippen molar-refractivity contribution in [2.24, 2.45) is 5.16 Å². The van der Waals surface area contributed by atoms with Crippen molar-refractivity contribution in [3.05, 3.63) is 53.1 Å². The summed E-state index contributed by atoms with van der Waals surface area (Å²) in [5.41, 5.74) is 2.51. The highest BCUT2D eigenvalue weighted by atomic mass is 16.4. The maximum atomic E-state index is 12.5. The van der Waals surface area contributed by atoms with E-state index in [1.54, 1.807) is 24.5 Å². The van der Waals surface area contributed by atoms with Gasteiger partial charge in [-0.1, -0.05) is 36.3 Å². The van der Waals surface area contributed by atoms with Gasteiger partial charge in [-0.2, -0.15) is 0 Å². The van der Waals surface area contributed by atoms with E-state index in [2.05, 4.69) is 10.1 Å². The van der Waals surface area contributed by atoms with Gasteiger partial charge < -0.3 is 9.77 Å². The van der Waals surface area contributed by atoms with Crippen molar-refractivity contribution < 1.29 is 10.0 Å². The van der Waals surface area contributed by atoms with Gasteiger partial charge in [0.25, 0.3) is 0 Å². The second-order valence-electron chi connectivity index (χ2n) is 4.46. The Bertz CT molecular complexity index is 686. The molecule has 0 atom stereocenters. The van der Waals surface area contributed by atoms with E-state index in [4.69, 9.17) is 0 Å². The van der Waals surface area contributed by atoms with Gasteiger partial charge in [0.1, 0.15) is 17.1 Å². The third-order valence-electron chi connectivity index (χ3n) is 3.27. The molecule has 5 heteroatoms. The van der Waals surface area contributed by atoms with Gasteiger partial charge in [-0.15, -0.1) is 0 Å². The zero-order valence-electron chi connectivity index (χ0n) is 10.5. The van der Waals surface area contributed by atoms with E-state index >= 15 is 0 Å². The molecule has 0 amide bonds. The minimum atomic E-state index is -0.0658. The average molecular weight is 255 g/mol. The highest BCUT2D eigenvalue weighted by molar-refractivity contribution is 6.28. The molecule has 0 bridgehead atoms. The van der Waals surface area contributed by atoms with Crippen molar-refractivity contribution in [1.29, 1.82) is 0 Å². The molecule has 1 aromatic heterocycles. The molecule has 0 radical (unpaired) electrons. The molecule has 2 aromatic rings. The molecule has 0 saturated carbocycles. The van der Waals surface area contributed by atoms with Crippen molar-refractivity contribution >= 4 is 11.5 Å². The fraction of sp³-hybridized carbons (Fsp3) is 0.214. The lowest BCUT2D eigenvalue weighted by Crippen LogP contribution is -2.23. The second-order valence-corrected chi connectivity index (χ2v) is 4.46. The summed E-state index contributed by atoms with van der Waals surface area (Å²) in [6.07, 6.45) is 2.53. The Morgan fingerprint density at radius 3 is 2.74 bits per heavy atom. The van der Waals surface area contributed by atoms with Gasteiger partial charge in [-0.25, -0.2) is 4.98 Å². The van der Waals surface area contributed by atoms with Gasteiger partial charge in [0.05, 0.1) is 6.33 Å². The molecule has 96 valence electrons. The number of rotatable bonds is 2. The first-order valence-electron chi connectivity index (χ1n) is 6.19. The molecule has 0 aliphatic heterocycles. The first-order valence-corrected chi connectivity index (χ1v) is 6.19. The lowest BCUT2D eigenvalue weighted by molar-refractivity contribution is 0.102. The maximum absolute atomic E-state index is 12.5. The summed E-state index contributed by atoms with van der Waals surface area (Å²) in [4.78, 5) is 16.8. The Morgan fingerprint density at radius 2 is 2.05 bits per heavy atom. The van der Waals surface area contributed by atoms with Crippen molar-refractivity contribution in [2.75, 3.05) is 0 Å². The minimum Gasteiger partial charge on any atom is -0.410 e. The number of oxime groups is 1. The Labute approximate surface area is 110 Å². The molecule has 1 aliphatic carbocycles. The third kappa shape index (κ3) is 1.58. The van der Waals surface area contributed by atoms with E-state index in [-0.39, 0.29) is 5.78 Å². The standard InChI is InChI=1S/C14H13N3O2/c1-2-7-17-8-15-12-11(16-19)9-5-3-4-6-10(9)14(18)13(12)17/h3-6,8,19H,2,7H2,1H3/b16-11+. The molecule has 1 aromatic carbocycles. The Kier molecular flexibility index (Phi) is 2.67. The zero-order valence-corrected chi connectivity index (χ0v) is 10.5. The van der Waals surface area contributed by atoms with Crippen molar-refractivity contribution in [3.8, 4) is 0 Å². The summed E-state index contributed by atoms with van der Waals surface area (Å²) in [5, 5.41) is 12.6. The topological polar surface area (TPSA) is 67.5 Å². The van der Waals surface area contributed by atoms with E-state index < -0.39 is 0 Å². The summed E-state index contributed by atoms with van der Waals surface area (Å²) < 4.78 is 1.82. The van der Waals surface area contributed by atoms with Gasteiger partial charge in [-0.05, 0) is 6.42 Å². The Morgan fingerprint density at radius 1 is 1.32 bits per heavy atom. The smallest absolute Gasteiger partial charge is 0.212 e. The number of imidazole rings is 1. The van der Waals surface area contributed by atoms with E-state index in [0.717, 1.165) is 13.0 Å². The van der Waals surface area contributed by atoms with Crippen LogP contribution >= 0.6 is 0 Å². The molecule has 0 fully saturated rings.